The van der Waals surface area contributed by atoms with Crippen LogP contribution in [-0.4, -0.2) is 8.07 Å². The molecule has 6 aliphatic carbocycles. The van der Waals surface area contributed by atoms with Crippen LogP contribution >= 0.6 is 17.0 Å². The van der Waals surface area contributed by atoms with E-state index in [1.807, 2.05) is 13.8 Å². The molecule has 0 amide bonds. The molecule has 0 saturated heterocycles. The SMILES string of the molecule is C.CC.CCCCCCCC[Si](C)(C1C2C=CC=CC2C2C=CC=CC21)C1C2C=CC=CC2C2C=CC=CC21.[CH3-].[CH3-].[Cl][Zr+2][Cl]. The Balaban J connectivity index is 0.00000114. The summed E-state index contributed by atoms with van der Waals surface area (Å²) in [7, 11) is 8.14. The summed E-state index contributed by atoms with van der Waals surface area (Å²) in [4.78, 5) is 0. The minimum absolute atomic E-state index is 0. The quantitative estimate of drug-likeness (QED) is 0.126. The monoisotopic (exact) mass is 730 g/mol. The third-order valence-electron chi connectivity index (χ3n) is 11.0. The van der Waals surface area contributed by atoms with Crippen molar-refractivity contribution in [3.8, 4) is 0 Å². The second-order valence-corrected chi connectivity index (χ2v) is 21.4. The van der Waals surface area contributed by atoms with Gasteiger partial charge in [-0.1, -0.05) is 177 Å². The fourth-order valence-electron chi connectivity index (χ4n) is 9.66. The van der Waals surface area contributed by atoms with Crippen LogP contribution in [0.4, 0.5) is 0 Å². The zero-order valence-corrected chi connectivity index (χ0v) is 32.7. The predicted octanol–water partition coefficient (Wildman–Crippen LogP) is 13.6. The fourth-order valence-corrected chi connectivity index (χ4v) is 16.6. The van der Waals surface area contributed by atoms with Crippen molar-refractivity contribution in [2.45, 2.75) is 90.4 Å². The molecule has 0 aliphatic heterocycles. The van der Waals surface area contributed by atoms with Gasteiger partial charge in [-0.3, -0.25) is 0 Å². The normalized spacial score (nSPS) is 35.0. The van der Waals surface area contributed by atoms with Gasteiger partial charge in [-0.2, -0.15) is 0 Å². The van der Waals surface area contributed by atoms with E-state index in [2.05, 4.69) is 111 Å². The zero-order chi connectivity index (χ0) is 29.2. The number of hydrogen-bond acceptors (Lipinski definition) is 0. The van der Waals surface area contributed by atoms with E-state index in [4.69, 9.17) is 17.0 Å². The van der Waals surface area contributed by atoms with Gasteiger partial charge >= 0.3 is 37.9 Å². The molecule has 4 heteroatoms. The molecule has 2 fully saturated rings. The van der Waals surface area contributed by atoms with Gasteiger partial charge in [-0.15, -0.1) is 0 Å². The molecule has 8 atom stereocenters. The Kier molecular flexibility index (Phi) is 19.6. The Morgan fingerprint density at radius 2 is 0.750 bits per heavy atom. The van der Waals surface area contributed by atoms with E-state index in [1.165, 1.54) is 44.6 Å². The Morgan fingerprint density at radius 1 is 0.500 bits per heavy atom. The number of allylic oxidation sites excluding steroid dienone is 16. The molecule has 0 spiro atoms. The molecule has 0 N–H and O–H groups in total. The summed E-state index contributed by atoms with van der Waals surface area (Å²) in [5.41, 5.74) is 1.68. The van der Waals surface area contributed by atoms with Crippen molar-refractivity contribution in [1.29, 1.82) is 0 Å². The molecule has 6 aliphatic rings. The molecule has 0 bridgehead atoms. The summed E-state index contributed by atoms with van der Waals surface area (Å²) in [6.45, 7) is 9.23. The van der Waals surface area contributed by atoms with Crippen molar-refractivity contribution < 1.29 is 20.8 Å². The molecule has 0 aromatic rings. The van der Waals surface area contributed by atoms with Crippen molar-refractivity contribution in [2.24, 2.45) is 47.3 Å². The standard InChI is InChI=1S/C35H46Si.C2H6.CH4.2CH3.2ClH.Zr/c1-3-4-5-6-7-16-25-36(2,34-30-21-12-8-17-26(30)27-18-9-13-22-31(27)34)35-32-23-14-10-19-28(32)29-20-11-15-24-33(29)35;1-2;;;;;;/h8-15,17-24,26-35H,3-7,16,25H2,1-2H3;1-2H3;1H4;2*1H3;2*1H;/q;;;2*-1;;;+4/p-2. The van der Waals surface area contributed by atoms with Gasteiger partial charge in [0.05, 0.1) is 8.07 Å². The molecule has 6 rings (SSSR count). The van der Waals surface area contributed by atoms with Crippen LogP contribution in [0.3, 0.4) is 0 Å². The Hall–Kier alpha value is -0.400. The Labute approximate surface area is 293 Å². The van der Waals surface area contributed by atoms with Gasteiger partial charge in [0.15, 0.2) is 0 Å². The summed E-state index contributed by atoms with van der Waals surface area (Å²) in [5, 5.41) is 0. The van der Waals surface area contributed by atoms with Crippen molar-refractivity contribution in [3.63, 3.8) is 0 Å². The van der Waals surface area contributed by atoms with E-state index in [-0.39, 0.29) is 22.3 Å². The van der Waals surface area contributed by atoms with Crippen molar-refractivity contribution in [1.82, 2.24) is 0 Å². The average Bonchev–Trinajstić information content (AvgIpc) is 3.54. The summed E-state index contributed by atoms with van der Waals surface area (Å²) in [5.74, 6) is 5.66. The van der Waals surface area contributed by atoms with E-state index >= 15 is 0 Å². The predicted molar refractivity (Wildman–Crippen MR) is 201 cm³/mol. The first-order valence-corrected chi connectivity index (χ1v) is 25.7. The molecule has 0 aromatic heterocycles. The van der Waals surface area contributed by atoms with Crippen LogP contribution < -0.4 is 0 Å². The number of hydrogen-bond donors (Lipinski definition) is 0. The van der Waals surface area contributed by atoms with Crippen LogP contribution in [0.2, 0.25) is 23.7 Å². The van der Waals surface area contributed by atoms with Gasteiger partial charge in [0, 0.05) is 0 Å². The molecule has 8 unspecified atom stereocenters. The molecule has 0 aromatic carbocycles. The van der Waals surface area contributed by atoms with Gasteiger partial charge in [0.2, 0.25) is 0 Å². The average molecular weight is 733 g/mol. The van der Waals surface area contributed by atoms with Crippen LogP contribution in [0, 0.1) is 62.2 Å². The van der Waals surface area contributed by atoms with Crippen LogP contribution in [-0.2, 0) is 20.8 Å². The maximum atomic E-state index is 4.93. The van der Waals surface area contributed by atoms with Gasteiger partial charge in [-0.05, 0) is 58.4 Å². The molecule has 0 heterocycles. The second-order valence-electron chi connectivity index (χ2n) is 12.8. The molecule has 244 valence electrons. The maximum absolute atomic E-state index is 4.93. The van der Waals surface area contributed by atoms with Gasteiger partial charge in [0.25, 0.3) is 0 Å². The van der Waals surface area contributed by atoms with Gasteiger partial charge in [0.1, 0.15) is 0 Å². The van der Waals surface area contributed by atoms with Gasteiger partial charge in [-0.25, -0.2) is 0 Å². The molecule has 0 radical (unpaired) electrons. The van der Waals surface area contributed by atoms with E-state index in [9.17, 15) is 0 Å². The number of halogens is 2. The van der Waals surface area contributed by atoms with E-state index in [0.29, 0.717) is 23.7 Å². The molecule has 2 saturated carbocycles. The van der Waals surface area contributed by atoms with Crippen LogP contribution in [0.1, 0.15) is 66.7 Å². The molecule has 44 heavy (non-hydrogen) atoms. The van der Waals surface area contributed by atoms with Crippen molar-refractivity contribution in [3.05, 3.63) is 112 Å². The van der Waals surface area contributed by atoms with Gasteiger partial charge < -0.3 is 14.9 Å². The zero-order valence-electron chi connectivity index (χ0n) is 27.7. The molecular weight excluding hydrogens is 671 g/mol. The first-order valence-electron chi connectivity index (χ1n) is 16.5. The van der Waals surface area contributed by atoms with Crippen LogP contribution in [0.5, 0.6) is 0 Å². The number of rotatable bonds is 9. The molecular formula is C40H62Cl2SiZr. The first-order chi connectivity index (χ1) is 20.2. The minimum atomic E-state index is -1.73. The van der Waals surface area contributed by atoms with Crippen LogP contribution in [0.25, 0.3) is 0 Å². The topological polar surface area (TPSA) is 0 Å². The number of fused-ring (bicyclic) bond motifs is 6. The third-order valence-corrected chi connectivity index (χ3v) is 17.0. The molecule has 0 nitrogen and oxygen atoms in total. The summed E-state index contributed by atoms with van der Waals surface area (Å²) < 4.78 is 0. The summed E-state index contributed by atoms with van der Waals surface area (Å²) in [6.07, 6.45) is 48.2. The summed E-state index contributed by atoms with van der Waals surface area (Å²) in [6, 6.07) is 1.51. The van der Waals surface area contributed by atoms with Crippen LogP contribution in [0.15, 0.2) is 97.2 Å². The van der Waals surface area contributed by atoms with Crippen molar-refractivity contribution >= 4 is 25.1 Å². The Bertz CT molecular complexity index is 925. The van der Waals surface area contributed by atoms with E-state index < -0.39 is 28.9 Å². The third kappa shape index (κ3) is 8.74. The summed E-state index contributed by atoms with van der Waals surface area (Å²) >= 11 is -0.826. The Morgan fingerprint density at radius 3 is 1.05 bits per heavy atom. The van der Waals surface area contributed by atoms with E-state index in [1.54, 1.807) is 0 Å². The number of unbranched alkanes of at least 4 members (excludes halogenated alkanes) is 5. The fraction of sp³-hybridized carbons (Fsp3) is 0.550. The second kappa shape index (κ2) is 20.8. The first kappa shape index (κ1) is 41.6. The van der Waals surface area contributed by atoms with Crippen molar-refractivity contribution in [2.75, 3.05) is 0 Å². The van der Waals surface area contributed by atoms with E-state index in [0.717, 1.165) is 34.8 Å².